The molecule has 134 valence electrons. The second kappa shape index (κ2) is 5.72. The Labute approximate surface area is 149 Å². The Bertz CT molecular complexity index is 972. The zero-order valence-electron chi connectivity index (χ0n) is 14.2. The maximum absolute atomic E-state index is 11.7. The van der Waals surface area contributed by atoms with Gasteiger partial charge in [0.25, 0.3) is 0 Å². The van der Waals surface area contributed by atoms with E-state index in [-0.39, 0.29) is 11.9 Å². The molecular weight excluding hydrogens is 332 g/mol. The van der Waals surface area contributed by atoms with Crippen molar-refractivity contribution in [2.45, 2.75) is 37.6 Å². The van der Waals surface area contributed by atoms with Gasteiger partial charge >= 0.3 is 0 Å². The average Bonchev–Trinajstić information content (AvgIpc) is 3.06. The van der Waals surface area contributed by atoms with Crippen molar-refractivity contribution in [2.24, 2.45) is 5.73 Å². The first-order valence-corrected chi connectivity index (χ1v) is 8.92. The number of nitrogens with zero attached hydrogens (tertiary/aromatic N) is 5. The van der Waals surface area contributed by atoms with Crippen LogP contribution in [0, 0.1) is 0 Å². The number of amides is 1. The van der Waals surface area contributed by atoms with Crippen LogP contribution in [0.4, 0.5) is 17.7 Å². The van der Waals surface area contributed by atoms with E-state index in [0.29, 0.717) is 17.8 Å². The fourth-order valence-electron chi connectivity index (χ4n) is 3.56. The zero-order valence-corrected chi connectivity index (χ0v) is 14.2. The molecule has 1 aliphatic carbocycles. The highest BCUT2D eigenvalue weighted by atomic mass is 16.1. The summed E-state index contributed by atoms with van der Waals surface area (Å²) in [7, 11) is 0. The number of H-pyrrole nitrogens is 1. The number of nitrogens with one attached hydrogen (secondary N) is 2. The van der Waals surface area contributed by atoms with E-state index in [9.17, 15) is 4.79 Å². The molecular formula is C17H20N8O. The predicted octanol–water partition coefficient (Wildman–Crippen LogP) is 1.53. The van der Waals surface area contributed by atoms with E-state index in [1.54, 1.807) is 0 Å². The van der Waals surface area contributed by atoms with Crippen molar-refractivity contribution in [3.63, 3.8) is 0 Å². The molecule has 1 aliphatic heterocycles. The van der Waals surface area contributed by atoms with Gasteiger partial charge in [-0.1, -0.05) is 0 Å². The smallest absolute Gasteiger partial charge is 0.240 e. The van der Waals surface area contributed by atoms with Crippen LogP contribution in [-0.2, 0) is 4.79 Å². The molecule has 26 heavy (non-hydrogen) atoms. The molecule has 1 atom stereocenters. The van der Waals surface area contributed by atoms with Gasteiger partial charge < -0.3 is 16.0 Å². The van der Waals surface area contributed by atoms with Crippen LogP contribution in [0.3, 0.4) is 0 Å². The van der Waals surface area contributed by atoms with Crippen LogP contribution in [0.1, 0.15) is 37.3 Å². The summed E-state index contributed by atoms with van der Waals surface area (Å²) in [5.41, 5.74) is 7.45. The topological polar surface area (TPSA) is 117 Å². The minimum atomic E-state index is -0.355. The van der Waals surface area contributed by atoms with Crippen LogP contribution in [0.15, 0.2) is 24.4 Å². The summed E-state index contributed by atoms with van der Waals surface area (Å²) in [5, 5.41) is 10.7. The van der Waals surface area contributed by atoms with Crippen LogP contribution in [0.5, 0.6) is 0 Å². The maximum Gasteiger partial charge on any atom is 0.240 e. The minimum absolute atomic E-state index is 0.336. The lowest BCUT2D eigenvalue weighted by Crippen LogP contribution is -2.41. The second-order valence-electron chi connectivity index (χ2n) is 6.95. The van der Waals surface area contributed by atoms with Crippen LogP contribution in [-0.4, -0.2) is 43.1 Å². The lowest BCUT2D eigenvalue weighted by molar-refractivity contribution is -0.119. The van der Waals surface area contributed by atoms with E-state index < -0.39 is 0 Å². The van der Waals surface area contributed by atoms with Crippen molar-refractivity contribution in [3.05, 3.63) is 30.1 Å². The fourth-order valence-corrected chi connectivity index (χ4v) is 3.56. The number of aromatic amines is 1. The third-order valence-corrected chi connectivity index (χ3v) is 5.07. The molecule has 9 heteroatoms. The van der Waals surface area contributed by atoms with Crippen molar-refractivity contribution in [3.8, 4) is 0 Å². The van der Waals surface area contributed by atoms with Gasteiger partial charge in [-0.25, -0.2) is 0 Å². The Morgan fingerprint density at radius 3 is 3.00 bits per heavy atom. The second-order valence-corrected chi connectivity index (χ2v) is 6.95. The SMILES string of the molecule is NC(=O)C1CCCN1c1nc(Nc2cc(C3CC3)[nH]n2)n2cccc2n1. The first-order chi connectivity index (χ1) is 12.7. The van der Waals surface area contributed by atoms with Crippen molar-refractivity contribution in [1.29, 1.82) is 0 Å². The molecule has 2 fully saturated rings. The molecule has 0 radical (unpaired) electrons. The molecule has 1 saturated carbocycles. The van der Waals surface area contributed by atoms with Crippen LogP contribution in [0.25, 0.3) is 5.65 Å². The summed E-state index contributed by atoms with van der Waals surface area (Å²) in [6.45, 7) is 0.720. The molecule has 1 amide bonds. The van der Waals surface area contributed by atoms with E-state index in [0.717, 1.165) is 36.5 Å². The Balaban J connectivity index is 1.51. The number of hydrogen-bond acceptors (Lipinski definition) is 6. The molecule has 1 saturated heterocycles. The van der Waals surface area contributed by atoms with Gasteiger partial charge in [0.1, 0.15) is 11.7 Å². The summed E-state index contributed by atoms with van der Waals surface area (Å²) in [4.78, 5) is 22.9. The standard InChI is InChI=1S/C17H20N8O/c18-15(26)12-3-1-7-24(12)17-20-14-4-2-8-25(14)16(21-17)19-13-9-11(22-23-13)10-5-6-10/h2,4,8-10,12H,1,3,5-7H2,(H2,18,26)(H2,19,20,21,22,23). The summed E-state index contributed by atoms with van der Waals surface area (Å²) >= 11 is 0. The number of anilines is 3. The van der Waals surface area contributed by atoms with E-state index >= 15 is 0 Å². The van der Waals surface area contributed by atoms with Crippen LogP contribution < -0.4 is 16.0 Å². The van der Waals surface area contributed by atoms with Gasteiger partial charge in [-0.05, 0) is 37.8 Å². The van der Waals surface area contributed by atoms with E-state index in [1.807, 2.05) is 33.7 Å². The molecule has 2 aliphatic rings. The molecule has 3 aromatic heterocycles. The lowest BCUT2D eigenvalue weighted by atomic mass is 10.2. The van der Waals surface area contributed by atoms with Crippen molar-refractivity contribution >= 4 is 29.3 Å². The number of aromatic nitrogens is 5. The third kappa shape index (κ3) is 2.56. The molecule has 4 heterocycles. The Hall–Kier alpha value is -3.10. The minimum Gasteiger partial charge on any atom is -0.368 e. The number of nitrogens with two attached hydrogens (primary N) is 1. The van der Waals surface area contributed by atoms with E-state index in [1.165, 1.54) is 12.8 Å². The number of rotatable bonds is 5. The molecule has 4 N–H and O–H groups in total. The van der Waals surface area contributed by atoms with E-state index in [2.05, 4.69) is 25.5 Å². The number of fused-ring (bicyclic) bond motifs is 1. The van der Waals surface area contributed by atoms with Gasteiger partial charge in [-0.15, -0.1) is 0 Å². The highest BCUT2D eigenvalue weighted by molar-refractivity contribution is 5.83. The van der Waals surface area contributed by atoms with Gasteiger partial charge in [-0.3, -0.25) is 14.3 Å². The summed E-state index contributed by atoms with van der Waals surface area (Å²) in [5.74, 6) is 2.11. The number of hydrogen-bond donors (Lipinski definition) is 3. The first-order valence-electron chi connectivity index (χ1n) is 8.92. The number of carbonyl (C=O) groups is 1. The molecule has 3 aromatic rings. The third-order valence-electron chi connectivity index (χ3n) is 5.07. The molecule has 1 unspecified atom stereocenters. The Morgan fingerprint density at radius 1 is 1.31 bits per heavy atom. The first kappa shape index (κ1) is 15.2. The summed E-state index contributed by atoms with van der Waals surface area (Å²) in [6.07, 6.45) is 5.95. The fraction of sp³-hybridized carbons (Fsp3) is 0.412. The van der Waals surface area contributed by atoms with Crippen molar-refractivity contribution in [1.82, 2.24) is 24.6 Å². The predicted molar refractivity (Wildman–Crippen MR) is 96.4 cm³/mol. The molecule has 0 spiro atoms. The maximum atomic E-state index is 11.7. The molecule has 0 aromatic carbocycles. The molecule has 5 rings (SSSR count). The zero-order chi connectivity index (χ0) is 17.7. The lowest BCUT2D eigenvalue weighted by Gasteiger charge is -2.22. The van der Waals surface area contributed by atoms with Gasteiger partial charge in [0, 0.05) is 30.4 Å². The van der Waals surface area contributed by atoms with Gasteiger partial charge in [-0.2, -0.15) is 15.1 Å². The largest absolute Gasteiger partial charge is 0.368 e. The summed E-state index contributed by atoms with van der Waals surface area (Å²) in [6, 6.07) is 5.49. The van der Waals surface area contributed by atoms with E-state index in [4.69, 9.17) is 5.73 Å². The molecule has 0 bridgehead atoms. The van der Waals surface area contributed by atoms with Crippen molar-refractivity contribution in [2.75, 3.05) is 16.8 Å². The van der Waals surface area contributed by atoms with Crippen LogP contribution >= 0.6 is 0 Å². The monoisotopic (exact) mass is 352 g/mol. The Kier molecular flexibility index (Phi) is 3.34. The molecule has 9 nitrogen and oxygen atoms in total. The highest BCUT2D eigenvalue weighted by Crippen LogP contribution is 2.39. The quantitative estimate of drug-likeness (QED) is 0.641. The van der Waals surface area contributed by atoms with Crippen molar-refractivity contribution < 1.29 is 4.79 Å². The number of primary amides is 1. The van der Waals surface area contributed by atoms with Gasteiger partial charge in [0.2, 0.25) is 17.8 Å². The highest BCUT2D eigenvalue weighted by Gasteiger charge is 2.31. The summed E-state index contributed by atoms with van der Waals surface area (Å²) < 4.78 is 1.87. The normalized spacial score (nSPS) is 20.0. The average molecular weight is 352 g/mol. The number of carbonyl (C=O) groups excluding carboxylic acids is 1. The van der Waals surface area contributed by atoms with Crippen LogP contribution in [0.2, 0.25) is 0 Å². The van der Waals surface area contributed by atoms with Gasteiger partial charge in [0.05, 0.1) is 0 Å². The van der Waals surface area contributed by atoms with Gasteiger partial charge in [0.15, 0.2) is 5.82 Å². The Morgan fingerprint density at radius 2 is 2.19 bits per heavy atom.